The first-order chi connectivity index (χ1) is 4.13. The molecule has 4 heteroatoms. The third-order valence-electron chi connectivity index (χ3n) is 1.35. The molecule has 1 aliphatic rings. The van der Waals surface area contributed by atoms with Crippen LogP contribution in [0.15, 0.2) is 0 Å². The molecular formula is C5H8O4. The molecule has 0 bridgehead atoms. The average Bonchev–Trinajstić information content (AvgIpc) is 1.98. The maximum atomic E-state index is 10.4. The van der Waals surface area contributed by atoms with Crippen LogP contribution >= 0.6 is 0 Å². The van der Waals surface area contributed by atoms with Gasteiger partial charge in [-0.3, -0.25) is 0 Å². The molecule has 0 amide bonds. The minimum absolute atomic E-state index is 0.576. The van der Waals surface area contributed by atoms with E-state index in [0.717, 1.165) is 0 Å². The highest BCUT2D eigenvalue weighted by atomic mass is 16.6. The Bertz CT molecular complexity index is 133. The number of aliphatic hydroxyl groups is 2. The predicted octanol–water partition coefficient (Wildman–Crippen LogP) is -1.35. The molecule has 0 aromatic rings. The number of esters is 1. The Balaban J connectivity index is 2.65. The van der Waals surface area contributed by atoms with E-state index in [9.17, 15) is 4.79 Å². The second kappa shape index (κ2) is 1.97. The maximum Gasteiger partial charge on any atom is 0.338 e. The van der Waals surface area contributed by atoms with E-state index in [0.29, 0.717) is 0 Å². The molecule has 1 heterocycles. The van der Waals surface area contributed by atoms with E-state index in [-0.39, 0.29) is 0 Å². The van der Waals surface area contributed by atoms with Crippen molar-refractivity contribution in [1.82, 2.24) is 0 Å². The van der Waals surface area contributed by atoms with Gasteiger partial charge in [0.25, 0.3) is 0 Å². The van der Waals surface area contributed by atoms with Gasteiger partial charge in [-0.15, -0.1) is 0 Å². The normalized spacial score (nSPS) is 43.0. The maximum absolute atomic E-state index is 10.4. The van der Waals surface area contributed by atoms with Crippen molar-refractivity contribution in [3.05, 3.63) is 0 Å². The molecule has 3 atom stereocenters. The smallest absolute Gasteiger partial charge is 0.338 e. The van der Waals surface area contributed by atoms with Crippen molar-refractivity contribution in [2.24, 2.45) is 0 Å². The van der Waals surface area contributed by atoms with Gasteiger partial charge in [-0.2, -0.15) is 0 Å². The standard InChI is InChI=1S/C5H8O4/c1-2-3(6)4(7)5(8)9-2/h2-4,6-7H,1H3/t2-,3+,4+/m1/s1. The van der Waals surface area contributed by atoms with E-state index in [2.05, 4.69) is 4.74 Å². The van der Waals surface area contributed by atoms with Gasteiger partial charge in [-0.25, -0.2) is 4.79 Å². The van der Waals surface area contributed by atoms with Crippen LogP contribution in [0.3, 0.4) is 0 Å². The first-order valence-electron chi connectivity index (χ1n) is 2.69. The van der Waals surface area contributed by atoms with Crippen LogP contribution in [0.1, 0.15) is 6.92 Å². The summed E-state index contributed by atoms with van der Waals surface area (Å²) in [5.41, 5.74) is 0. The minimum atomic E-state index is -1.35. The quantitative estimate of drug-likeness (QED) is 0.400. The Hall–Kier alpha value is -0.610. The van der Waals surface area contributed by atoms with E-state index in [1.807, 2.05) is 0 Å². The fourth-order valence-electron chi connectivity index (χ4n) is 0.719. The molecular weight excluding hydrogens is 124 g/mol. The Kier molecular flexibility index (Phi) is 1.42. The second-order valence-electron chi connectivity index (χ2n) is 2.08. The Morgan fingerprint density at radius 2 is 2.11 bits per heavy atom. The second-order valence-corrected chi connectivity index (χ2v) is 2.08. The summed E-state index contributed by atoms with van der Waals surface area (Å²) in [4.78, 5) is 10.4. The lowest BCUT2D eigenvalue weighted by atomic mass is 10.2. The first kappa shape index (κ1) is 6.51. The third-order valence-corrected chi connectivity index (χ3v) is 1.35. The number of hydrogen-bond acceptors (Lipinski definition) is 4. The van der Waals surface area contributed by atoms with E-state index >= 15 is 0 Å². The highest BCUT2D eigenvalue weighted by Crippen LogP contribution is 2.14. The zero-order valence-electron chi connectivity index (χ0n) is 4.94. The highest BCUT2D eigenvalue weighted by molar-refractivity contribution is 5.77. The summed E-state index contributed by atoms with van der Waals surface area (Å²) in [5, 5.41) is 17.6. The fourth-order valence-corrected chi connectivity index (χ4v) is 0.719. The summed E-state index contributed by atoms with van der Waals surface area (Å²) in [6, 6.07) is 0. The molecule has 2 N–H and O–H groups in total. The number of carbonyl (C=O) groups excluding carboxylic acids is 1. The average molecular weight is 132 g/mol. The van der Waals surface area contributed by atoms with Crippen LogP contribution in [0, 0.1) is 0 Å². The van der Waals surface area contributed by atoms with Crippen LogP contribution in [-0.4, -0.2) is 34.5 Å². The molecule has 4 nitrogen and oxygen atoms in total. The van der Waals surface area contributed by atoms with Crippen LogP contribution in [0.25, 0.3) is 0 Å². The number of aliphatic hydroxyl groups excluding tert-OH is 2. The van der Waals surface area contributed by atoms with Crippen molar-refractivity contribution in [2.45, 2.75) is 25.2 Å². The number of ether oxygens (including phenoxy) is 1. The van der Waals surface area contributed by atoms with Gasteiger partial charge in [0, 0.05) is 0 Å². The summed E-state index contributed by atoms with van der Waals surface area (Å²) in [6.45, 7) is 1.53. The lowest BCUT2D eigenvalue weighted by molar-refractivity contribution is -0.146. The molecule has 52 valence electrons. The Morgan fingerprint density at radius 1 is 1.56 bits per heavy atom. The third kappa shape index (κ3) is 0.906. The van der Waals surface area contributed by atoms with Crippen LogP contribution < -0.4 is 0 Å². The summed E-state index contributed by atoms with van der Waals surface area (Å²) >= 11 is 0. The lowest BCUT2D eigenvalue weighted by Crippen LogP contribution is -2.29. The number of cyclic esters (lactones) is 1. The van der Waals surface area contributed by atoms with Crippen LogP contribution in [0.2, 0.25) is 0 Å². The van der Waals surface area contributed by atoms with Crippen LogP contribution in [0.4, 0.5) is 0 Å². The van der Waals surface area contributed by atoms with Crippen molar-refractivity contribution < 1.29 is 19.7 Å². The largest absolute Gasteiger partial charge is 0.458 e. The van der Waals surface area contributed by atoms with Crippen LogP contribution in [-0.2, 0) is 9.53 Å². The monoisotopic (exact) mass is 132 g/mol. The Morgan fingerprint density at radius 3 is 2.22 bits per heavy atom. The zero-order valence-corrected chi connectivity index (χ0v) is 4.94. The van der Waals surface area contributed by atoms with Crippen LogP contribution in [0.5, 0.6) is 0 Å². The van der Waals surface area contributed by atoms with Gasteiger partial charge < -0.3 is 14.9 Å². The summed E-state index contributed by atoms with van der Waals surface area (Å²) in [7, 11) is 0. The van der Waals surface area contributed by atoms with E-state index in [1.54, 1.807) is 0 Å². The zero-order chi connectivity index (χ0) is 7.02. The van der Waals surface area contributed by atoms with Gasteiger partial charge in [0.05, 0.1) is 0 Å². The number of carbonyl (C=O) groups is 1. The molecule has 0 aromatic heterocycles. The highest BCUT2D eigenvalue weighted by Gasteiger charge is 2.39. The molecule has 0 radical (unpaired) electrons. The molecule has 1 saturated heterocycles. The van der Waals surface area contributed by atoms with Crippen molar-refractivity contribution in [1.29, 1.82) is 0 Å². The fraction of sp³-hybridized carbons (Fsp3) is 0.800. The summed E-state index contributed by atoms with van der Waals surface area (Å²) in [6.07, 6.45) is -2.98. The molecule has 1 rings (SSSR count). The van der Waals surface area contributed by atoms with Crippen molar-refractivity contribution in [2.75, 3.05) is 0 Å². The number of hydrogen-bond donors (Lipinski definition) is 2. The van der Waals surface area contributed by atoms with Gasteiger partial charge in [0.15, 0.2) is 6.10 Å². The number of rotatable bonds is 0. The minimum Gasteiger partial charge on any atom is -0.458 e. The SMILES string of the molecule is C[C@H]1OC(=O)[C@@H](O)[C@H]1O. The molecule has 1 aliphatic heterocycles. The first-order valence-corrected chi connectivity index (χ1v) is 2.69. The topological polar surface area (TPSA) is 66.8 Å². The molecule has 9 heavy (non-hydrogen) atoms. The molecule has 0 saturated carbocycles. The molecule has 0 spiro atoms. The molecule has 0 aliphatic carbocycles. The van der Waals surface area contributed by atoms with Crippen molar-refractivity contribution in [3.8, 4) is 0 Å². The summed E-state index contributed by atoms with van der Waals surface area (Å²) in [5.74, 6) is -0.741. The van der Waals surface area contributed by atoms with Gasteiger partial charge in [-0.1, -0.05) is 0 Å². The van der Waals surface area contributed by atoms with Crippen molar-refractivity contribution >= 4 is 5.97 Å². The molecule has 0 aromatic carbocycles. The van der Waals surface area contributed by atoms with E-state index < -0.39 is 24.3 Å². The van der Waals surface area contributed by atoms with Gasteiger partial charge in [-0.05, 0) is 6.92 Å². The Labute approximate surface area is 52.1 Å². The van der Waals surface area contributed by atoms with Gasteiger partial charge in [0.1, 0.15) is 12.2 Å². The predicted molar refractivity (Wildman–Crippen MR) is 27.6 cm³/mol. The van der Waals surface area contributed by atoms with Crippen molar-refractivity contribution in [3.63, 3.8) is 0 Å². The molecule has 1 fully saturated rings. The van der Waals surface area contributed by atoms with E-state index in [1.165, 1.54) is 6.92 Å². The van der Waals surface area contributed by atoms with Gasteiger partial charge >= 0.3 is 5.97 Å². The molecule has 0 unspecified atom stereocenters. The summed E-state index contributed by atoms with van der Waals surface area (Å²) < 4.78 is 4.45. The lowest BCUT2D eigenvalue weighted by Gasteiger charge is -2.04. The van der Waals surface area contributed by atoms with E-state index in [4.69, 9.17) is 10.2 Å². The van der Waals surface area contributed by atoms with Gasteiger partial charge in [0.2, 0.25) is 0 Å².